The molecule has 1 saturated carbocycles. The van der Waals surface area contributed by atoms with E-state index in [1.165, 1.54) is 5.54 Å². The van der Waals surface area contributed by atoms with Gasteiger partial charge in [-0.1, -0.05) is 17.7 Å². The summed E-state index contributed by atoms with van der Waals surface area (Å²) >= 11 is 5.47. The molecule has 4 nitrogen and oxygen atoms in total. The van der Waals surface area contributed by atoms with Crippen LogP contribution in [0.4, 0.5) is 0 Å². The third kappa shape index (κ3) is 2.07. The van der Waals surface area contributed by atoms with Crippen LogP contribution in [0.2, 0.25) is 0 Å². The maximum Gasteiger partial charge on any atom is 0.245 e. The quantitative estimate of drug-likeness (QED) is 0.798. The van der Waals surface area contributed by atoms with Crippen LogP contribution in [-0.4, -0.2) is 35.3 Å². The maximum absolute atomic E-state index is 12.0. The molecule has 5 heteroatoms. The predicted molar refractivity (Wildman–Crippen MR) is 60.8 cm³/mol. The zero-order valence-electron chi connectivity index (χ0n) is 9.15. The van der Waals surface area contributed by atoms with Crippen molar-refractivity contribution in [3.63, 3.8) is 0 Å². The maximum atomic E-state index is 12.0. The molecule has 0 radical (unpaired) electrons. The smallest absolute Gasteiger partial charge is 0.245 e. The van der Waals surface area contributed by atoms with E-state index in [1.54, 1.807) is 17.9 Å². The zero-order chi connectivity index (χ0) is 11.7. The SMILES string of the molecule is CC1NC(=O)C(C2CC2)N(C/C=C/Cl)C1=O. The predicted octanol–water partition coefficient (Wildman–Crippen LogP) is 0.864. The van der Waals surface area contributed by atoms with Crippen molar-refractivity contribution in [2.45, 2.75) is 31.8 Å². The molecule has 0 aromatic rings. The van der Waals surface area contributed by atoms with Gasteiger partial charge in [0.1, 0.15) is 12.1 Å². The average molecular weight is 243 g/mol. The highest BCUT2D eigenvalue weighted by molar-refractivity contribution is 6.25. The second kappa shape index (κ2) is 4.45. The van der Waals surface area contributed by atoms with Gasteiger partial charge in [-0.3, -0.25) is 9.59 Å². The third-order valence-corrected chi connectivity index (χ3v) is 3.25. The van der Waals surface area contributed by atoms with Gasteiger partial charge in [-0.2, -0.15) is 0 Å². The van der Waals surface area contributed by atoms with Crippen LogP contribution in [0.25, 0.3) is 0 Å². The fourth-order valence-electron chi connectivity index (χ4n) is 2.13. The largest absolute Gasteiger partial charge is 0.343 e. The van der Waals surface area contributed by atoms with Gasteiger partial charge >= 0.3 is 0 Å². The average Bonchev–Trinajstić information content (AvgIpc) is 3.05. The molecule has 0 aromatic carbocycles. The van der Waals surface area contributed by atoms with Gasteiger partial charge in [-0.05, 0) is 25.7 Å². The number of piperazine rings is 1. The van der Waals surface area contributed by atoms with Crippen LogP contribution in [0.3, 0.4) is 0 Å². The Morgan fingerprint density at radius 1 is 1.50 bits per heavy atom. The highest BCUT2D eigenvalue weighted by Crippen LogP contribution is 2.36. The van der Waals surface area contributed by atoms with Gasteiger partial charge in [0.2, 0.25) is 11.8 Å². The summed E-state index contributed by atoms with van der Waals surface area (Å²) in [7, 11) is 0. The lowest BCUT2D eigenvalue weighted by molar-refractivity contribution is -0.149. The van der Waals surface area contributed by atoms with Crippen LogP contribution in [-0.2, 0) is 9.59 Å². The topological polar surface area (TPSA) is 49.4 Å². The number of hydrogen-bond acceptors (Lipinski definition) is 2. The molecule has 2 atom stereocenters. The number of carbonyl (C=O) groups is 2. The number of rotatable bonds is 3. The van der Waals surface area contributed by atoms with Gasteiger partial charge in [0.15, 0.2) is 0 Å². The fraction of sp³-hybridized carbons (Fsp3) is 0.636. The van der Waals surface area contributed by atoms with Crippen LogP contribution in [0.15, 0.2) is 11.6 Å². The van der Waals surface area contributed by atoms with Gasteiger partial charge in [0, 0.05) is 12.1 Å². The molecule has 2 fully saturated rings. The normalized spacial score (nSPS) is 31.0. The Hall–Kier alpha value is -1.03. The highest BCUT2D eigenvalue weighted by atomic mass is 35.5. The van der Waals surface area contributed by atoms with E-state index in [9.17, 15) is 9.59 Å². The van der Waals surface area contributed by atoms with E-state index in [1.807, 2.05) is 0 Å². The van der Waals surface area contributed by atoms with E-state index in [0.29, 0.717) is 12.5 Å². The number of nitrogens with zero attached hydrogens (tertiary/aromatic N) is 1. The van der Waals surface area contributed by atoms with Crippen LogP contribution in [0.5, 0.6) is 0 Å². The highest BCUT2D eigenvalue weighted by Gasteiger charge is 2.46. The van der Waals surface area contributed by atoms with Crippen molar-refractivity contribution < 1.29 is 9.59 Å². The van der Waals surface area contributed by atoms with Crippen molar-refractivity contribution in [1.29, 1.82) is 0 Å². The lowest BCUT2D eigenvalue weighted by atomic mass is 10.0. The zero-order valence-corrected chi connectivity index (χ0v) is 9.91. The standard InChI is InChI=1S/C11H15ClN2O2/c1-7-11(16)14(6-2-5-12)9(8-3-4-8)10(15)13-7/h2,5,7-9H,3-4,6H2,1H3,(H,13,15)/b5-2+. The van der Waals surface area contributed by atoms with Crippen molar-refractivity contribution in [2.24, 2.45) is 5.92 Å². The Balaban J connectivity index is 2.17. The van der Waals surface area contributed by atoms with Crippen molar-refractivity contribution in [3.8, 4) is 0 Å². The molecule has 1 N–H and O–H groups in total. The molecule has 16 heavy (non-hydrogen) atoms. The van der Waals surface area contributed by atoms with E-state index in [2.05, 4.69) is 5.32 Å². The molecule has 0 spiro atoms. The number of nitrogens with one attached hydrogen (secondary N) is 1. The van der Waals surface area contributed by atoms with Crippen molar-refractivity contribution in [1.82, 2.24) is 10.2 Å². The summed E-state index contributed by atoms with van der Waals surface area (Å²) in [6.45, 7) is 2.13. The van der Waals surface area contributed by atoms with Crippen LogP contribution < -0.4 is 5.32 Å². The molecule has 88 valence electrons. The molecule has 1 heterocycles. The summed E-state index contributed by atoms with van der Waals surface area (Å²) in [4.78, 5) is 25.4. The summed E-state index contributed by atoms with van der Waals surface area (Å²) in [5.41, 5.74) is 1.38. The molecule has 2 unspecified atom stereocenters. The van der Waals surface area contributed by atoms with Gasteiger partial charge < -0.3 is 10.2 Å². The minimum absolute atomic E-state index is 0.0220. The first-order valence-corrected chi connectivity index (χ1v) is 5.95. The molecular weight excluding hydrogens is 228 g/mol. The van der Waals surface area contributed by atoms with Gasteiger partial charge in [-0.15, -0.1) is 0 Å². The lowest BCUT2D eigenvalue weighted by Crippen LogP contribution is -2.63. The van der Waals surface area contributed by atoms with Gasteiger partial charge in [0.25, 0.3) is 0 Å². The molecule has 1 saturated heterocycles. The summed E-state index contributed by atoms with van der Waals surface area (Å²) in [6, 6.07) is -0.720. The Morgan fingerprint density at radius 2 is 2.19 bits per heavy atom. The van der Waals surface area contributed by atoms with Gasteiger partial charge in [-0.25, -0.2) is 0 Å². The molecule has 2 rings (SSSR count). The molecule has 2 amide bonds. The van der Waals surface area contributed by atoms with E-state index in [-0.39, 0.29) is 17.9 Å². The van der Waals surface area contributed by atoms with Crippen LogP contribution in [0.1, 0.15) is 19.8 Å². The molecular formula is C11H15ClN2O2. The molecule has 0 aromatic heterocycles. The fourth-order valence-corrected chi connectivity index (χ4v) is 2.21. The Morgan fingerprint density at radius 3 is 2.75 bits per heavy atom. The summed E-state index contributed by atoms with van der Waals surface area (Å²) < 4.78 is 0. The lowest BCUT2D eigenvalue weighted by Gasteiger charge is -2.37. The minimum Gasteiger partial charge on any atom is -0.343 e. The molecule has 2 aliphatic rings. The second-order valence-corrected chi connectivity index (χ2v) is 4.62. The third-order valence-electron chi connectivity index (χ3n) is 3.08. The minimum atomic E-state index is -0.425. The van der Waals surface area contributed by atoms with E-state index >= 15 is 0 Å². The van der Waals surface area contributed by atoms with Crippen molar-refractivity contribution >= 4 is 23.4 Å². The van der Waals surface area contributed by atoms with Crippen molar-refractivity contribution in [2.75, 3.05) is 6.54 Å². The Kier molecular flexibility index (Phi) is 3.19. The molecule has 1 aliphatic heterocycles. The van der Waals surface area contributed by atoms with Crippen LogP contribution in [0, 0.1) is 5.92 Å². The van der Waals surface area contributed by atoms with E-state index in [4.69, 9.17) is 11.6 Å². The van der Waals surface area contributed by atoms with Crippen LogP contribution >= 0.6 is 11.6 Å². The second-order valence-electron chi connectivity index (χ2n) is 4.36. The molecule has 1 aliphatic carbocycles. The number of halogens is 1. The number of hydrogen-bond donors (Lipinski definition) is 1. The summed E-state index contributed by atoms with van der Waals surface area (Å²) in [6.07, 6.45) is 3.75. The summed E-state index contributed by atoms with van der Waals surface area (Å²) in [5, 5.41) is 2.72. The Labute approximate surface area is 99.6 Å². The van der Waals surface area contributed by atoms with Gasteiger partial charge in [0.05, 0.1) is 0 Å². The summed E-state index contributed by atoms with van der Waals surface area (Å²) in [5.74, 6) is 0.281. The number of amides is 2. The molecule has 0 bridgehead atoms. The first kappa shape index (κ1) is 11.5. The monoisotopic (exact) mass is 242 g/mol. The van der Waals surface area contributed by atoms with E-state index in [0.717, 1.165) is 12.8 Å². The first-order chi connectivity index (χ1) is 7.65. The number of carbonyl (C=O) groups excluding carboxylic acids is 2. The van der Waals surface area contributed by atoms with E-state index < -0.39 is 6.04 Å². The Bertz CT molecular complexity index is 339. The first-order valence-electron chi connectivity index (χ1n) is 5.51. The van der Waals surface area contributed by atoms with Crippen molar-refractivity contribution in [3.05, 3.63) is 11.6 Å².